The van der Waals surface area contributed by atoms with E-state index in [0.717, 1.165) is 29.4 Å². The standard InChI is InChI=1S/C12H15N/c1-13-10-4-5-11-8-2-3-9(6-8)12(11)7-10/h4-5,7-9,11-12H,1-3,6H2. The maximum absolute atomic E-state index is 4.02. The first kappa shape index (κ1) is 7.54. The van der Waals surface area contributed by atoms with Crippen molar-refractivity contribution in [1.82, 2.24) is 0 Å². The fraction of sp³-hybridized carbons (Fsp3) is 0.583. The summed E-state index contributed by atoms with van der Waals surface area (Å²) in [5.74, 6) is 3.57. The maximum atomic E-state index is 4.02. The third-order valence-corrected chi connectivity index (χ3v) is 4.08. The molecule has 4 unspecified atom stereocenters. The second-order valence-corrected chi connectivity index (χ2v) is 4.60. The highest BCUT2D eigenvalue weighted by Gasteiger charge is 2.46. The molecule has 0 aliphatic heterocycles. The Balaban J connectivity index is 1.94. The van der Waals surface area contributed by atoms with Gasteiger partial charge in [-0.3, -0.25) is 4.99 Å². The summed E-state index contributed by atoms with van der Waals surface area (Å²) in [4.78, 5) is 4.02. The summed E-state index contributed by atoms with van der Waals surface area (Å²) in [6.45, 7) is 3.59. The molecule has 0 spiro atoms. The quantitative estimate of drug-likeness (QED) is 0.541. The molecule has 0 aromatic heterocycles. The Hall–Kier alpha value is -0.850. The van der Waals surface area contributed by atoms with Gasteiger partial charge in [0.05, 0.1) is 5.70 Å². The van der Waals surface area contributed by atoms with Crippen LogP contribution in [0.15, 0.2) is 28.9 Å². The largest absolute Gasteiger partial charge is 0.265 e. The van der Waals surface area contributed by atoms with Crippen molar-refractivity contribution >= 4 is 6.72 Å². The van der Waals surface area contributed by atoms with Gasteiger partial charge in [-0.25, -0.2) is 0 Å². The molecule has 68 valence electrons. The smallest absolute Gasteiger partial charge is 0.0582 e. The van der Waals surface area contributed by atoms with Gasteiger partial charge in [0.1, 0.15) is 0 Å². The van der Waals surface area contributed by atoms with Gasteiger partial charge < -0.3 is 0 Å². The molecule has 0 amide bonds. The molecule has 0 N–H and O–H groups in total. The molecule has 0 aromatic rings. The first-order chi connectivity index (χ1) is 6.38. The van der Waals surface area contributed by atoms with Crippen molar-refractivity contribution in [2.75, 3.05) is 0 Å². The van der Waals surface area contributed by atoms with Gasteiger partial charge in [-0.05, 0) is 55.7 Å². The molecule has 3 aliphatic carbocycles. The van der Waals surface area contributed by atoms with Gasteiger partial charge in [0.2, 0.25) is 0 Å². The van der Waals surface area contributed by atoms with Crippen molar-refractivity contribution in [3.05, 3.63) is 23.9 Å². The van der Waals surface area contributed by atoms with Crippen LogP contribution in [0.3, 0.4) is 0 Å². The van der Waals surface area contributed by atoms with Crippen LogP contribution >= 0.6 is 0 Å². The summed E-state index contributed by atoms with van der Waals surface area (Å²) >= 11 is 0. The highest BCUT2D eigenvalue weighted by molar-refractivity contribution is 5.36. The van der Waals surface area contributed by atoms with Crippen molar-refractivity contribution in [3.8, 4) is 0 Å². The monoisotopic (exact) mass is 173 g/mol. The number of nitrogens with zero attached hydrogens (tertiary/aromatic N) is 1. The van der Waals surface area contributed by atoms with Crippen LogP contribution in [0.2, 0.25) is 0 Å². The topological polar surface area (TPSA) is 12.4 Å². The van der Waals surface area contributed by atoms with E-state index in [1.807, 2.05) is 0 Å². The summed E-state index contributed by atoms with van der Waals surface area (Å²) in [5, 5.41) is 0. The molecule has 0 radical (unpaired) electrons. The van der Waals surface area contributed by atoms with Crippen molar-refractivity contribution in [2.24, 2.45) is 28.7 Å². The Bertz CT molecular complexity index is 300. The van der Waals surface area contributed by atoms with E-state index in [1.165, 1.54) is 19.3 Å². The summed E-state index contributed by atoms with van der Waals surface area (Å²) in [7, 11) is 0. The van der Waals surface area contributed by atoms with Crippen molar-refractivity contribution in [2.45, 2.75) is 19.3 Å². The Labute approximate surface area is 79.3 Å². The highest BCUT2D eigenvalue weighted by Crippen LogP contribution is 2.54. The molecule has 1 nitrogen and oxygen atoms in total. The van der Waals surface area contributed by atoms with Crippen LogP contribution in [-0.4, -0.2) is 6.72 Å². The summed E-state index contributed by atoms with van der Waals surface area (Å²) in [6.07, 6.45) is 11.2. The van der Waals surface area contributed by atoms with E-state index in [9.17, 15) is 0 Å². The van der Waals surface area contributed by atoms with E-state index in [1.54, 1.807) is 0 Å². The van der Waals surface area contributed by atoms with E-state index < -0.39 is 0 Å². The minimum absolute atomic E-state index is 0.796. The van der Waals surface area contributed by atoms with E-state index >= 15 is 0 Å². The molecule has 0 saturated heterocycles. The zero-order chi connectivity index (χ0) is 8.84. The van der Waals surface area contributed by atoms with Crippen LogP contribution in [0.5, 0.6) is 0 Å². The maximum Gasteiger partial charge on any atom is 0.0582 e. The second kappa shape index (κ2) is 2.57. The number of hydrogen-bond donors (Lipinski definition) is 0. The lowest BCUT2D eigenvalue weighted by Crippen LogP contribution is -2.20. The normalized spacial score (nSPS) is 46.0. The molecule has 13 heavy (non-hydrogen) atoms. The van der Waals surface area contributed by atoms with Crippen LogP contribution < -0.4 is 0 Å². The number of fused-ring (bicyclic) bond motifs is 5. The average Bonchev–Trinajstić information content (AvgIpc) is 2.77. The predicted molar refractivity (Wildman–Crippen MR) is 54.6 cm³/mol. The van der Waals surface area contributed by atoms with Crippen molar-refractivity contribution < 1.29 is 0 Å². The third kappa shape index (κ3) is 0.962. The van der Waals surface area contributed by atoms with E-state index in [2.05, 4.69) is 29.9 Å². The van der Waals surface area contributed by atoms with Gasteiger partial charge in [0.25, 0.3) is 0 Å². The number of rotatable bonds is 1. The number of hydrogen-bond acceptors (Lipinski definition) is 1. The lowest BCUT2D eigenvalue weighted by Gasteiger charge is -2.29. The van der Waals surface area contributed by atoms with Gasteiger partial charge in [0, 0.05) is 0 Å². The Morgan fingerprint density at radius 1 is 1.23 bits per heavy atom. The fourth-order valence-electron chi connectivity index (χ4n) is 3.48. The van der Waals surface area contributed by atoms with Gasteiger partial charge >= 0.3 is 0 Å². The van der Waals surface area contributed by atoms with Crippen LogP contribution in [0.1, 0.15) is 19.3 Å². The molecule has 3 aliphatic rings. The molecule has 2 saturated carbocycles. The van der Waals surface area contributed by atoms with Gasteiger partial charge in [-0.2, -0.15) is 0 Å². The van der Waals surface area contributed by atoms with E-state index in [-0.39, 0.29) is 0 Å². The highest BCUT2D eigenvalue weighted by atomic mass is 14.7. The van der Waals surface area contributed by atoms with Crippen LogP contribution in [0.4, 0.5) is 0 Å². The first-order valence-electron chi connectivity index (χ1n) is 5.25. The van der Waals surface area contributed by atoms with Gasteiger partial charge in [-0.15, -0.1) is 0 Å². The van der Waals surface area contributed by atoms with E-state index in [4.69, 9.17) is 0 Å². The minimum Gasteiger partial charge on any atom is -0.265 e. The lowest BCUT2D eigenvalue weighted by atomic mass is 9.76. The molecular formula is C12H15N. The molecular weight excluding hydrogens is 158 g/mol. The fourth-order valence-corrected chi connectivity index (χ4v) is 3.48. The predicted octanol–water partition coefficient (Wildman–Crippen LogP) is 2.80. The minimum atomic E-state index is 0.796. The SMILES string of the molecule is C=NC1=CC2C3CCC(C3)C2C=C1. The van der Waals surface area contributed by atoms with Crippen LogP contribution in [0, 0.1) is 23.7 Å². The summed E-state index contributed by atoms with van der Waals surface area (Å²) in [6, 6.07) is 0. The Morgan fingerprint density at radius 3 is 2.77 bits per heavy atom. The van der Waals surface area contributed by atoms with Crippen molar-refractivity contribution in [3.63, 3.8) is 0 Å². The molecule has 0 aromatic carbocycles. The van der Waals surface area contributed by atoms with Crippen molar-refractivity contribution in [1.29, 1.82) is 0 Å². The third-order valence-electron chi connectivity index (χ3n) is 4.08. The molecule has 3 rings (SSSR count). The zero-order valence-corrected chi connectivity index (χ0v) is 7.82. The number of aliphatic imine (C=N–C) groups is 1. The van der Waals surface area contributed by atoms with Crippen LogP contribution in [0.25, 0.3) is 0 Å². The molecule has 0 heterocycles. The molecule has 4 atom stereocenters. The Morgan fingerprint density at radius 2 is 2.00 bits per heavy atom. The van der Waals surface area contributed by atoms with E-state index in [0.29, 0.717) is 0 Å². The van der Waals surface area contributed by atoms with Gasteiger partial charge in [-0.1, -0.05) is 12.2 Å². The summed E-state index contributed by atoms with van der Waals surface area (Å²) < 4.78 is 0. The van der Waals surface area contributed by atoms with Gasteiger partial charge in [0.15, 0.2) is 0 Å². The summed E-state index contributed by atoms with van der Waals surface area (Å²) in [5.41, 5.74) is 1.09. The Kier molecular flexibility index (Phi) is 1.49. The molecule has 2 bridgehead atoms. The average molecular weight is 173 g/mol. The molecule has 1 heteroatoms. The lowest BCUT2D eigenvalue weighted by molar-refractivity contribution is 0.314. The first-order valence-corrected chi connectivity index (χ1v) is 5.25. The molecule has 2 fully saturated rings. The number of allylic oxidation sites excluding steroid dienone is 3. The zero-order valence-electron chi connectivity index (χ0n) is 7.82. The van der Waals surface area contributed by atoms with Crippen LogP contribution in [-0.2, 0) is 0 Å². The second-order valence-electron chi connectivity index (χ2n) is 4.60.